The molecule has 1 aromatic rings. The molecule has 1 aromatic heterocycles. The number of fused-ring (bicyclic) bond motifs is 2. The number of esters is 1. The van der Waals surface area contributed by atoms with Crippen molar-refractivity contribution in [3.05, 3.63) is 30.1 Å². The van der Waals surface area contributed by atoms with Crippen molar-refractivity contribution in [2.24, 2.45) is 16.7 Å². The van der Waals surface area contributed by atoms with Crippen molar-refractivity contribution in [3.8, 4) is 0 Å². The van der Waals surface area contributed by atoms with Crippen LogP contribution in [0.15, 0.2) is 24.5 Å². The van der Waals surface area contributed by atoms with E-state index in [4.69, 9.17) is 4.74 Å². The van der Waals surface area contributed by atoms with Crippen molar-refractivity contribution in [2.45, 2.75) is 46.1 Å². The zero-order chi connectivity index (χ0) is 13.7. The van der Waals surface area contributed by atoms with E-state index >= 15 is 0 Å². The normalized spacial score (nSPS) is 35.3. The van der Waals surface area contributed by atoms with Gasteiger partial charge < -0.3 is 4.74 Å². The van der Waals surface area contributed by atoms with E-state index in [2.05, 4.69) is 25.8 Å². The summed E-state index contributed by atoms with van der Waals surface area (Å²) in [6.45, 7) is 6.92. The Labute approximate surface area is 114 Å². The predicted octanol–water partition coefficient (Wildman–Crippen LogP) is 3.45. The Morgan fingerprint density at radius 2 is 2.21 bits per heavy atom. The average Bonchev–Trinajstić information content (AvgIpc) is 2.73. The highest BCUT2D eigenvalue weighted by molar-refractivity contribution is 5.89. The van der Waals surface area contributed by atoms with Crippen LogP contribution >= 0.6 is 0 Å². The van der Waals surface area contributed by atoms with Crippen LogP contribution in [0.5, 0.6) is 0 Å². The van der Waals surface area contributed by atoms with Gasteiger partial charge in [-0.05, 0) is 42.7 Å². The fraction of sp³-hybridized carbons (Fsp3) is 0.625. The standard InChI is InChI=1S/C16H21NO2/c1-15(2)12-6-7-16(15,3)13(9-12)19-14(18)11-5-4-8-17-10-11/h4-5,8,10,12-13H,6-7,9H2,1-3H3/t12-,13+,16+/m0/s1. The summed E-state index contributed by atoms with van der Waals surface area (Å²) in [5.74, 6) is 0.451. The molecule has 3 heteroatoms. The SMILES string of the molecule is CC1(C)[C@H]2CC[C@]1(C)[C@H](OC(=O)c1cccnc1)C2. The van der Waals surface area contributed by atoms with Gasteiger partial charge in [-0.1, -0.05) is 20.8 Å². The number of ether oxygens (including phenoxy) is 1. The van der Waals surface area contributed by atoms with Crippen molar-refractivity contribution < 1.29 is 9.53 Å². The Balaban J connectivity index is 1.78. The molecule has 19 heavy (non-hydrogen) atoms. The first-order chi connectivity index (χ1) is 8.95. The van der Waals surface area contributed by atoms with Gasteiger partial charge in [0.05, 0.1) is 5.56 Å². The van der Waals surface area contributed by atoms with Crippen LogP contribution in [0.25, 0.3) is 0 Å². The lowest BCUT2D eigenvalue weighted by Gasteiger charge is -2.38. The van der Waals surface area contributed by atoms with Gasteiger partial charge in [0.1, 0.15) is 6.10 Å². The van der Waals surface area contributed by atoms with E-state index in [-0.39, 0.29) is 22.9 Å². The molecule has 102 valence electrons. The van der Waals surface area contributed by atoms with Crippen molar-refractivity contribution in [2.75, 3.05) is 0 Å². The molecule has 2 aliphatic carbocycles. The van der Waals surface area contributed by atoms with Gasteiger partial charge in [0, 0.05) is 17.8 Å². The molecule has 3 rings (SSSR count). The summed E-state index contributed by atoms with van der Waals surface area (Å²) in [6.07, 6.45) is 6.73. The second-order valence-electron chi connectivity index (χ2n) is 6.75. The molecule has 2 fully saturated rings. The largest absolute Gasteiger partial charge is 0.458 e. The lowest BCUT2D eigenvalue weighted by Crippen LogP contribution is -2.38. The third-order valence-electron chi connectivity index (χ3n) is 5.86. The molecule has 0 radical (unpaired) electrons. The summed E-state index contributed by atoms with van der Waals surface area (Å²) < 4.78 is 5.79. The number of aromatic nitrogens is 1. The lowest BCUT2D eigenvalue weighted by molar-refractivity contribution is -0.0242. The Bertz CT molecular complexity index is 497. The molecule has 3 atom stereocenters. The van der Waals surface area contributed by atoms with Gasteiger partial charge in [-0.25, -0.2) is 4.79 Å². The Kier molecular flexibility index (Phi) is 2.70. The average molecular weight is 259 g/mol. The molecule has 0 aliphatic heterocycles. The highest BCUT2D eigenvalue weighted by Gasteiger charge is 2.62. The zero-order valence-electron chi connectivity index (χ0n) is 11.8. The summed E-state index contributed by atoms with van der Waals surface area (Å²) in [5, 5.41) is 0. The topological polar surface area (TPSA) is 39.2 Å². The molecule has 0 saturated heterocycles. The van der Waals surface area contributed by atoms with Crippen LogP contribution in [0.4, 0.5) is 0 Å². The third kappa shape index (κ3) is 1.71. The first-order valence-corrected chi connectivity index (χ1v) is 7.06. The maximum atomic E-state index is 12.2. The molecule has 0 N–H and O–H groups in total. The van der Waals surface area contributed by atoms with Crippen LogP contribution in [-0.4, -0.2) is 17.1 Å². The highest BCUT2D eigenvalue weighted by Crippen LogP contribution is 2.66. The molecular formula is C16H21NO2. The summed E-state index contributed by atoms with van der Waals surface area (Å²) in [6, 6.07) is 3.53. The second kappa shape index (κ2) is 4.06. The van der Waals surface area contributed by atoms with E-state index in [1.165, 1.54) is 6.42 Å². The van der Waals surface area contributed by atoms with E-state index in [0.717, 1.165) is 12.8 Å². The summed E-state index contributed by atoms with van der Waals surface area (Å²) in [4.78, 5) is 16.1. The molecule has 0 spiro atoms. The molecule has 2 bridgehead atoms. The monoisotopic (exact) mass is 259 g/mol. The molecule has 0 amide bonds. The van der Waals surface area contributed by atoms with E-state index in [0.29, 0.717) is 11.5 Å². The minimum Gasteiger partial charge on any atom is -0.458 e. The fourth-order valence-electron chi connectivity index (χ4n) is 3.99. The number of carbonyl (C=O) groups excluding carboxylic acids is 1. The Morgan fingerprint density at radius 1 is 1.42 bits per heavy atom. The van der Waals surface area contributed by atoms with E-state index < -0.39 is 0 Å². The van der Waals surface area contributed by atoms with Gasteiger partial charge >= 0.3 is 5.97 Å². The smallest absolute Gasteiger partial charge is 0.339 e. The Hall–Kier alpha value is -1.38. The van der Waals surface area contributed by atoms with Gasteiger partial charge in [-0.3, -0.25) is 4.98 Å². The van der Waals surface area contributed by atoms with Crippen molar-refractivity contribution in [3.63, 3.8) is 0 Å². The van der Waals surface area contributed by atoms with Crippen LogP contribution in [0, 0.1) is 16.7 Å². The molecule has 0 aromatic carbocycles. The summed E-state index contributed by atoms with van der Waals surface area (Å²) in [5.41, 5.74) is 0.939. The number of nitrogens with zero attached hydrogens (tertiary/aromatic N) is 1. The van der Waals surface area contributed by atoms with Crippen LogP contribution in [0.1, 0.15) is 50.4 Å². The first-order valence-electron chi connectivity index (χ1n) is 7.06. The highest BCUT2D eigenvalue weighted by atomic mass is 16.5. The number of pyridine rings is 1. The number of carbonyl (C=O) groups is 1. The molecule has 3 nitrogen and oxygen atoms in total. The number of rotatable bonds is 2. The van der Waals surface area contributed by atoms with E-state index in [1.807, 2.05) is 0 Å². The van der Waals surface area contributed by atoms with Crippen LogP contribution in [0.3, 0.4) is 0 Å². The summed E-state index contributed by atoms with van der Waals surface area (Å²) >= 11 is 0. The maximum Gasteiger partial charge on any atom is 0.339 e. The molecule has 2 aliphatic rings. The Morgan fingerprint density at radius 3 is 2.74 bits per heavy atom. The van der Waals surface area contributed by atoms with E-state index in [9.17, 15) is 4.79 Å². The predicted molar refractivity (Wildman–Crippen MR) is 72.7 cm³/mol. The van der Waals surface area contributed by atoms with E-state index in [1.54, 1.807) is 24.5 Å². The van der Waals surface area contributed by atoms with Gasteiger partial charge in [0.2, 0.25) is 0 Å². The van der Waals surface area contributed by atoms with Gasteiger partial charge in [0.25, 0.3) is 0 Å². The molecular weight excluding hydrogens is 238 g/mol. The van der Waals surface area contributed by atoms with Crippen molar-refractivity contribution in [1.29, 1.82) is 0 Å². The quantitative estimate of drug-likeness (QED) is 0.764. The molecule has 0 unspecified atom stereocenters. The van der Waals surface area contributed by atoms with Crippen LogP contribution < -0.4 is 0 Å². The van der Waals surface area contributed by atoms with Gasteiger partial charge in [-0.2, -0.15) is 0 Å². The fourth-order valence-corrected chi connectivity index (χ4v) is 3.99. The van der Waals surface area contributed by atoms with Crippen molar-refractivity contribution >= 4 is 5.97 Å². The zero-order valence-corrected chi connectivity index (χ0v) is 11.8. The lowest BCUT2D eigenvalue weighted by atomic mass is 9.70. The number of hydrogen-bond acceptors (Lipinski definition) is 3. The summed E-state index contributed by atoms with van der Waals surface area (Å²) in [7, 11) is 0. The molecule has 1 heterocycles. The minimum atomic E-state index is -0.234. The third-order valence-corrected chi connectivity index (χ3v) is 5.86. The maximum absolute atomic E-state index is 12.2. The van der Waals surface area contributed by atoms with Crippen LogP contribution in [-0.2, 0) is 4.74 Å². The number of hydrogen-bond donors (Lipinski definition) is 0. The van der Waals surface area contributed by atoms with Crippen molar-refractivity contribution in [1.82, 2.24) is 4.98 Å². The molecule has 2 saturated carbocycles. The van der Waals surface area contributed by atoms with Crippen LogP contribution in [0.2, 0.25) is 0 Å². The van der Waals surface area contributed by atoms with Gasteiger partial charge in [0.15, 0.2) is 0 Å². The minimum absolute atomic E-state index is 0.0500. The second-order valence-corrected chi connectivity index (χ2v) is 6.75. The van der Waals surface area contributed by atoms with Gasteiger partial charge in [-0.15, -0.1) is 0 Å². The first kappa shape index (κ1) is 12.6.